The van der Waals surface area contributed by atoms with Crippen molar-refractivity contribution in [3.8, 4) is 0 Å². The summed E-state index contributed by atoms with van der Waals surface area (Å²) in [6.07, 6.45) is 10.6. The van der Waals surface area contributed by atoms with Crippen molar-refractivity contribution in [1.82, 2.24) is 0 Å². The van der Waals surface area contributed by atoms with E-state index in [2.05, 4.69) is 11.8 Å². The largest absolute Gasteiger partial charge is 0.484 e. The van der Waals surface area contributed by atoms with Gasteiger partial charge in [0.1, 0.15) is 6.10 Å². The van der Waals surface area contributed by atoms with Crippen molar-refractivity contribution in [1.29, 1.82) is 0 Å². The third kappa shape index (κ3) is 7.79. The molecule has 0 aromatic heterocycles. The highest BCUT2D eigenvalue weighted by Crippen LogP contribution is 2.41. The van der Waals surface area contributed by atoms with Crippen molar-refractivity contribution in [2.45, 2.75) is 103 Å². The van der Waals surface area contributed by atoms with E-state index in [1.165, 1.54) is 44.9 Å². The van der Waals surface area contributed by atoms with Crippen LogP contribution < -0.4 is 0 Å². The van der Waals surface area contributed by atoms with Gasteiger partial charge in [-0.25, -0.2) is 10.1 Å². The summed E-state index contributed by atoms with van der Waals surface area (Å²) in [6.45, 7) is 5.62. The van der Waals surface area contributed by atoms with Crippen LogP contribution in [0.15, 0.2) is 11.5 Å². The predicted octanol–water partition coefficient (Wildman–Crippen LogP) is 4.32. The zero-order valence-corrected chi connectivity index (χ0v) is 18.3. The van der Waals surface area contributed by atoms with E-state index in [1.54, 1.807) is 0 Å². The summed E-state index contributed by atoms with van der Waals surface area (Å²) in [7, 11) is 0. The maximum Gasteiger partial charge on any atom is 0.378 e. The Kier molecular flexibility index (Phi) is 12.3. The second-order valence-corrected chi connectivity index (χ2v) is 8.36. The maximum absolute atomic E-state index is 12.3. The number of ether oxygens (including phenoxy) is 2. The highest BCUT2D eigenvalue weighted by Gasteiger charge is 2.56. The van der Waals surface area contributed by atoms with E-state index in [4.69, 9.17) is 9.47 Å². The molecule has 0 aromatic carbocycles. The smallest absolute Gasteiger partial charge is 0.378 e. The summed E-state index contributed by atoms with van der Waals surface area (Å²) in [4.78, 5) is 16.7. The van der Waals surface area contributed by atoms with E-state index in [0.29, 0.717) is 6.61 Å². The van der Waals surface area contributed by atoms with Gasteiger partial charge in [0.25, 0.3) is 5.76 Å². The fourth-order valence-corrected chi connectivity index (χ4v) is 3.79. The summed E-state index contributed by atoms with van der Waals surface area (Å²) in [5.41, 5.74) is -1.64. The number of unbranched alkanes of at least 4 members (excludes halogenated alkanes) is 9. The summed E-state index contributed by atoms with van der Waals surface area (Å²) < 4.78 is 10.9. The lowest BCUT2D eigenvalue weighted by molar-refractivity contribution is -0.241. The third-order valence-corrected chi connectivity index (χ3v) is 5.31. The van der Waals surface area contributed by atoms with Crippen molar-refractivity contribution >= 4 is 5.97 Å². The van der Waals surface area contributed by atoms with Gasteiger partial charge in [-0.2, -0.15) is 0 Å². The van der Waals surface area contributed by atoms with E-state index in [1.807, 2.05) is 13.8 Å². The monoisotopic (exact) mass is 416 g/mol. The second kappa shape index (κ2) is 13.8. The van der Waals surface area contributed by atoms with Crippen LogP contribution in [-0.2, 0) is 19.2 Å². The lowest BCUT2D eigenvalue weighted by Gasteiger charge is -2.33. The van der Waals surface area contributed by atoms with Crippen LogP contribution >= 0.6 is 0 Å². The van der Waals surface area contributed by atoms with Gasteiger partial charge in [-0.15, -0.1) is 0 Å². The molecule has 1 aliphatic rings. The van der Waals surface area contributed by atoms with Crippen LogP contribution in [-0.4, -0.2) is 46.4 Å². The highest BCUT2D eigenvalue weighted by atomic mass is 17.1. The molecule has 1 heterocycles. The predicted molar refractivity (Wildman–Crippen MR) is 110 cm³/mol. The molecular formula is C22H40O7. The molecule has 1 aliphatic heterocycles. The summed E-state index contributed by atoms with van der Waals surface area (Å²) in [6, 6.07) is 0. The first kappa shape index (κ1) is 25.7. The minimum atomic E-state index is -1.64. The molecule has 29 heavy (non-hydrogen) atoms. The number of rotatable bonds is 17. The molecule has 3 N–H and O–H groups in total. The Morgan fingerprint density at radius 1 is 1.00 bits per heavy atom. The Balaban J connectivity index is 2.47. The Morgan fingerprint density at radius 3 is 2.03 bits per heavy atom. The highest BCUT2D eigenvalue weighted by molar-refractivity contribution is 5.90. The number of hydrogen-bond acceptors (Lipinski definition) is 7. The maximum atomic E-state index is 12.3. The second-order valence-electron chi connectivity index (χ2n) is 8.36. The lowest BCUT2D eigenvalue weighted by Crippen LogP contribution is -2.48. The number of cyclic esters (lactones) is 1. The molecule has 0 unspecified atom stereocenters. The number of carbonyl (C=O) groups excluding carboxylic acids is 1. The average Bonchev–Trinajstić information content (AvgIpc) is 2.96. The number of aliphatic hydroxyl groups excluding tert-OH is 2. The molecule has 2 atom stereocenters. The molecule has 0 aromatic rings. The van der Waals surface area contributed by atoms with Crippen LogP contribution in [0.25, 0.3) is 0 Å². The number of hydrogen-bond donors (Lipinski definition) is 3. The van der Waals surface area contributed by atoms with Crippen LogP contribution in [0.5, 0.6) is 0 Å². The third-order valence-electron chi connectivity index (χ3n) is 5.31. The molecule has 170 valence electrons. The normalized spacial score (nSPS) is 20.3. The molecule has 0 saturated carbocycles. The van der Waals surface area contributed by atoms with Gasteiger partial charge in [-0.3, -0.25) is 0 Å². The van der Waals surface area contributed by atoms with Gasteiger partial charge in [0.05, 0.1) is 13.2 Å². The first-order valence-electron chi connectivity index (χ1n) is 11.1. The van der Waals surface area contributed by atoms with Gasteiger partial charge in [-0.1, -0.05) is 78.6 Å². The molecule has 0 fully saturated rings. The lowest BCUT2D eigenvalue weighted by atomic mass is 9.86. The molecule has 1 rings (SSSR count). The summed E-state index contributed by atoms with van der Waals surface area (Å²) >= 11 is 0. The quantitative estimate of drug-likeness (QED) is 0.140. The van der Waals surface area contributed by atoms with Gasteiger partial charge in [0.15, 0.2) is 0 Å². The molecule has 0 amide bonds. The van der Waals surface area contributed by atoms with Crippen molar-refractivity contribution in [2.24, 2.45) is 5.92 Å². The topological polar surface area (TPSA) is 105 Å². The van der Waals surface area contributed by atoms with E-state index in [9.17, 15) is 20.3 Å². The van der Waals surface area contributed by atoms with Gasteiger partial charge in [-0.05, 0) is 18.8 Å². The van der Waals surface area contributed by atoms with Crippen LogP contribution in [0.1, 0.15) is 91.4 Å². The Hall–Kier alpha value is -1.31. The van der Waals surface area contributed by atoms with E-state index >= 15 is 0 Å². The van der Waals surface area contributed by atoms with E-state index in [-0.39, 0.29) is 23.9 Å². The molecule has 7 heteroatoms. The average molecular weight is 417 g/mol. The summed E-state index contributed by atoms with van der Waals surface area (Å²) in [5, 5.41) is 29.0. The van der Waals surface area contributed by atoms with Gasteiger partial charge in [0, 0.05) is 0 Å². The van der Waals surface area contributed by atoms with Crippen LogP contribution in [0.2, 0.25) is 0 Å². The fourth-order valence-electron chi connectivity index (χ4n) is 3.79. The van der Waals surface area contributed by atoms with Crippen LogP contribution in [0, 0.1) is 5.92 Å². The molecule has 0 radical (unpaired) electrons. The summed E-state index contributed by atoms with van der Waals surface area (Å²) in [5.74, 6) is -1.27. The van der Waals surface area contributed by atoms with Crippen LogP contribution in [0.3, 0.4) is 0 Å². The number of carbonyl (C=O) groups is 1. The molecule has 0 saturated heterocycles. The minimum absolute atomic E-state index is 0.00970. The molecular weight excluding hydrogens is 376 g/mol. The van der Waals surface area contributed by atoms with Crippen molar-refractivity contribution in [3.63, 3.8) is 0 Å². The van der Waals surface area contributed by atoms with Crippen LogP contribution in [0.4, 0.5) is 0 Å². The van der Waals surface area contributed by atoms with Gasteiger partial charge < -0.3 is 24.6 Å². The molecule has 0 spiro atoms. The standard InChI is InChI=1S/C22H40O7/c1-4-5-6-7-8-9-10-11-12-13-14-27-19-20(29-26)22(15-17(2)3,18(24)16-23)28-21(19)25/h17-18,23-24,26H,4-16H2,1-3H3/t18-,22+/m0/s1. The Morgan fingerprint density at radius 2 is 1.55 bits per heavy atom. The van der Waals surface area contributed by atoms with Crippen molar-refractivity contribution < 1.29 is 34.6 Å². The zero-order chi connectivity index (χ0) is 21.7. The van der Waals surface area contributed by atoms with Crippen molar-refractivity contribution in [3.05, 3.63) is 11.5 Å². The zero-order valence-electron chi connectivity index (χ0n) is 18.3. The van der Waals surface area contributed by atoms with Gasteiger partial charge >= 0.3 is 5.97 Å². The van der Waals surface area contributed by atoms with Crippen molar-refractivity contribution in [2.75, 3.05) is 13.2 Å². The van der Waals surface area contributed by atoms with Gasteiger partial charge in [0.2, 0.25) is 11.4 Å². The molecule has 0 aliphatic carbocycles. The Labute approximate surface area is 175 Å². The fraction of sp³-hybridized carbons (Fsp3) is 0.864. The number of aliphatic hydroxyl groups is 2. The molecule has 7 nitrogen and oxygen atoms in total. The van der Waals surface area contributed by atoms with E-state index in [0.717, 1.165) is 19.3 Å². The first-order chi connectivity index (χ1) is 13.9. The SMILES string of the molecule is CCCCCCCCCCCCOC1=C(OO)[C@@](CC(C)C)([C@@H](O)CO)OC1=O. The molecule has 0 bridgehead atoms. The minimum Gasteiger partial charge on any atom is -0.484 e. The number of esters is 1. The van der Waals surface area contributed by atoms with E-state index < -0.39 is 24.3 Å². The first-order valence-corrected chi connectivity index (χ1v) is 11.1. The Bertz CT molecular complexity index is 503.